The monoisotopic (exact) mass is 320 g/mol. The number of hydrogen-bond acceptors (Lipinski definition) is 3. The topological polar surface area (TPSA) is 62.4 Å². The molecule has 0 aliphatic rings. The van der Waals surface area contributed by atoms with Gasteiger partial charge in [0.25, 0.3) is 0 Å². The Morgan fingerprint density at radius 1 is 1.18 bits per heavy atom. The lowest BCUT2D eigenvalue weighted by atomic mass is 10.0. The van der Waals surface area contributed by atoms with Crippen molar-refractivity contribution >= 4 is 28.7 Å². The molecule has 0 saturated carbocycles. The fraction of sp³-hybridized carbons (Fsp3) is 0.529. The molecule has 22 heavy (non-hydrogen) atoms. The number of nitrogen functional groups attached to an aromatic ring is 1. The Labute approximate surface area is 139 Å². The summed E-state index contributed by atoms with van der Waals surface area (Å²) in [7, 11) is 0. The summed E-state index contributed by atoms with van der Waals surface area (Å²) in [6.45, 7) is 8.58. The zero-order valence-corrected chi connectivity index (χ0v) is 14.8. The van der Waals surface area contributed by atoms with Gasteiger partial charge in [-0.1, -0.05) is 38.8 Å². The Kier molecular flexibility index (Phi) is 7.88. The van der Waals surface area contributed by atoms with E-state index in [1.54, 1.807) is 0 Å². The van der Waals surface area contributed by atoms with Crippen molar-refractivity contribution in [3.63, 3.8) is 0 Å². The maximum Gasteiger partial charge on any atom is 0.187 e. The van der Waals surface area contributed by atoms with Crippen LogP contribution in [0.4, 0.5) is 5.69 Å². The minimum atomic E-state index is 0.353. The van der Waals surface area contributed by atoms with E-state index in [1.165, 1.54) is 12.8 Å². The van der Waals surface area contributed by atoms with Crippen LogP contribution >= 0.6 is 12.2 Å². The molecule has 0 radical (unpaired) electrons. The van der Waals surface area contributed by atoms with E-state index in [4.69, 9.17) is 18.0 Å². The number of anilines is 1. The molecule has 0 aliphatic carbocycles. The average molecular weight is 321 g/mol. The molecule has 0 heterocycles. The van der Waals surface area contributed by atoms with Crippen molar-refractivity contribution < 1.29 is 0 Å². The van der Waals surface area contributed by atoms with Gasteiger partial charge in [0.15, 0.2) is 5.11 Å². The van der Waals surface area contributed by atoms with Gasteiger partial charge >= 0.3 is 0 Å². The Morgan fingerprint density at radius 3 is 2.41 bits per heavy atom. The van der Waals surface area contributed by atoms with Crippen LogP contribution in [0.3, 0.4) is 0 Å². The van der Waals surface area contributed by atoms with Crippen molar-refractivity contribution in [1.29, 1.82) is 0 Å². The van der Waals surface area contributed by atoms with Gasteiger partial charge in [-0.15, -0.1) is 0 Å². The molecular formula is C17H28N4S. The largest absolute Gasteiger partial charge is 0.399 e. The van der Waals surface area contributed by atoms with Crippen molar-refractivity contribution in [2.75, 3.05) is 5.73 Å². The lowest BCUT2D eigenvalue weighted by molar-refractivity contribution is 0.493. The summed E-state index contributed by atoms with van der Waals surface area (Å²) in [5, 5.41) is 8.13. The normalized spacial score (nSPS) is 13.0. The van der Waals surface area contributed by atoms with Crippen molar-refractivity contribution in [2.24, 2.45) is 11.0 Å². The number of benzene rings is 1. The molecule has 1 aromatic rings. The number of thiocarbonyl (C=S) groups is 1. The van der Waals surface area contributed by atoms with Crippen LogP contribution < -0.4 is 16.5 Å². The molecule has 0 amide bonds. The number of nitrogens with one attached hydrogen (secondary N) is 2. The van der Waals surface area contributed by atoms with Crippen LogP contribution in [0.25, 0.3) is 0 Å². The first-order chi connectivity index (χ1) is 10.4. The van der Waals surface area contributed by atoms with E-state index in [9.17, 15) is 0 Å². The summed E-state index contributed by atoms with van der Waals surface area (Å²) in [5.74, 6) is 0.754. The third-order valence-corrected chi connectivity index (χ3v) is 3.66. The maximum atomic E-state index is 5.68. The first-order valence-corrected chi connectivity index (χ1v) is 8.26. The Hall–Kier alpha value is -1.62. The van der Waals surface area contributed by atoms with E-state index >= 15 is 0 Å². The molecule has 0 saturated heterocycles. The molecule has 4 nitrogen and oxygen atoms in total. The highest BCUT2D eigenvalue weighted by Gasteiger charge is 2.05. The molecular weight excluding hydrogens is 292 g/mol. The van der Waals surface area contributed by atoms with Crippen LogP contribution in [0.1, 0.15) is 52.5 Å². The highest BCUT2D eigenvalue weighted by atomic mass is 32.1. The first kappa shape index (κ1) is 18.4. The van der Waals surface area contributed by atoms with Gasteiger partial charge in [0.1, 0.15) is 0 Å². The standard InChI is InChI=1S/C17H28N4S/c1-12(2)6-5-7-13(3)19-17(22)21-20-14(4)15-8-10-16(18)11-9-15/h8-13H,5-7,18H2,1-4H3,(H2,19,21,22)/b20-14-/t13-/m0/s1. The van der Waals surface area contributed by atoms with E-state index < -0.39 is 0 Å². The zero-order valence-electron chi connectivity index (χ0n) is 14.0. The summed E-state index contributed by atoms with van der Waals surface area (Å²) >= 11 is 5.27. The minimum absolute atomic E-state index is 0.353. The van der Waals surface area contributed by atoms with E-state index in [0.29, 0.717) is 11.2 Å². The van der Waals surface area contributed by atoms with Gasteiger partial charge in [-0.2, -0.15) is 5.10 Å². The smallest absolute Gasteiger partial charge is 0.187 e. The number of nitrogens with two attached hydrogens (primary N) is 1. The molecule has 122 valence electrons. The van der Waals surface area contributed by atoms with E-state index in [-0.39, 0.29) is 0 Å². The molecule has 0 spiro atoms. The van der Waals surface area contributed by atoms with Gasteiger partial charge in [-0.3, -0.25) is 5.43 Å². The highest BCUT2D eigenvalue weighted by molar-refractivity contribution is 7.80. The van der Waals surface area contributed by atoms with Gasteiger partial charge < -0.3 is 11.1 Å². The van der Waals surface area contributed by atoms with Crippen LogP contribution in [0, 0.1) is 5.92 Å². The molecule has 1 atom stereocenters. The van der Waals surface area contributed by atoms with Crippen LogP contribution in [0.15, 0.2) is 29.4 Å². The van der Waals surface area contributed by atoms with Crippen molar-refractivity contribution in [3.8, 4) is 0 Å². The summed E-state index contributed by atoms with van der Waals surface area (Å²) in [4.78, 5) is 0. The van der Waals surface area contributed by atoms with Crippen LogP contribution in [-0.2, 0) is 0 Å². The van der Waals surface area contributed by atoms with E-state index in [0.717, 1.165) is 29.3 Å². The third kappa shape index (κ3) is 7.41. The summed E-state index contributed by atoms with van der Waals surface area (Å²) in [6.07, 6.45) is 3.57. The Bertz CT molecular complexity index is 494. The average Bonchev–Trinajstić information content (AvgIpc) is 2.45. The predicted octanol–water partition coefficient (Wildman–Crippen LogP) is 3.67. The molecule has 5 heteroatoms. The fourth-order valence-electron chi connectivity index (χ4n) is 2.08. The second kappa shape index (κ2) is 9.41. The van der Waals surface area contributed by atoms with Crippen LogP contribution in [0.2, 0.25) is 0 Å². The third-order valence-electron chi connectivity index (χ3n) is 3.45. The van der Waals surface area contributed by atoms with Gasteiger partial charge in [-0.05, 0) is 56.1 Å². The molecule has 4 N–H and O–H groups in total. The van der Waals surface area contributed by atoms with E-state index in [2.05, 4.69) is 36.6 Å². The minimum Gasteiger partial charge on any atom is -0.399 e. The molecule has 0 bridgehead atoms. The number of hydrogen-bond donors (Lipinski definition) is 3. The van der Waals surface area contributed by atoms with Crippen molar-refractivity contribution in [3.05, 3.63) is 29.8 Å². The maximum absolute atomic E-state index is 5.68. The highest BCUT2D eigenvalue weighted by Crippen LogP contribution is 2.08. The quantitative estimate of drug-likeness (QED) is 0.310. The Morgan fingerprint density at radius 2 is 1.82 bits per heavy atom. The Balaban J connectivity index is 2.38. The predicted molar refractivity (Wildman–Crippen MR) is 100 cm³/mol. The molecule has 0 fully saturated rings. The van der Waals surface area contributed by atoms with Gasteiger partial charge in [0.2, 0.25) is 0 Å². The lowest BCUT2D eigenvalue weighted by Crippen LogP contribution is -2.38. The van der Waals surface area contributed by atoms with Crippen LogP contribution in [-0.4, -0.2) is 16.9 Å². The fourth-order valence-corrected chi connectivity index (χ4v) is 2.33. The number of hydrazone groups is 1. The zero-order chi connectivity index (χ0) is 16.5. The second-order valence-corrected chi connectivity index (χ2v) is 6.54. The molecule has 1 rings (SSSR count). The molecule has 0 aromatic heterocycles. The molecule has 0 unspecified atom stereocenters. The number of rotatable bonds is 7. The molecule has 0 aliphatic heterocycles. The second-order valence-electron chi connectivity index (χ2n) is 6.13. The summed E-state index contributed by atoms with van der Waals surface area (Å²) in [5.41, 5.74) is 11.2. The summed E-state index contributed by atoms with van der Waals surface area (Å²) in [6, 6.07) is 7.97. The lowest BCUT2D eigenvalue weighted by Gasteiger charge is -2.16. The van der Waals surface area contributed by atoms with Crippen molar-refractivity contribution in [1.82, 2.24) is 10.7 Å². The van der Waals surface area contributed by atoms with Gasteiger partial charge in [-0.25, -0.2) is 0 Å². The van der Waals surface area contributed by atoms with E-state index in [1.807, 2.05) is 31.2 Å². The summed E-state index contributed by atoms with van der Waals surface area (Å²) < 4.78 is 0. The van der Waals surface area contributed by atoms with Crippen molar-refractivity contribution in [2.45, 2.75) is 53.0 Å². The first-order valence-electron chi connectivity index (χ1n) is 7.85. The van der Waals surface area contributed by atoms with Gasteiger partial charge in [0.05, 0.1) is 5.71 Å². The van der Waals surface area contributed by atoms with Gasteiger partial charge in [0, 0.05) is 11.7 Å². The SMILES string of the molecule is C/C(=N/NC(=S)N[C@@H](C)CCCC(C)C)c1ccc(N)cc1. The van der Waals surface area contributed by atoms with Crippen LogP contribution in [0.5, 0.6) is 0 Å². The number of nitrogens with zero attached hydrogens (tertiary/aromatic N) is 1. The molecule has 1 aromatic carbocycles.